The van der Waals surface area contributed by atoms with Crippen LogP contribution < -0.4 is 10.1 Å². The molecule has 1 aromatic rings. The van der Waals surface area contributed by atoms with Crippen LogP contribution in [0.3, 0.4) is 0 Å². The lowest BCUT2D eigenvalue weighted by molar-refractivity contribution is 0.0793. The molecule has 0 saturated carbocycles. The van der Waals surface area contributed by atoms with Crippen molar-refractivity contribution in [3.05, 3.63) is 29.8 Å². The van der Waals surface area contributed by atoms with E-state index in [4.69, 9.17) is 4.74 Å². The van der Waals surface area contributed by atoms with E-state index in [0.29, 0.717) is 6.61 Å². The zero-order valence-electron chi connectivity index (χ0n) is 18.5. The van der Waals surface area contributed by atoms with E-state index in [1.807, 2.05) is 43.0 Å². The summed E-state index contributed by atoms with van der Waals surface area (Å²) in [5, 5.41) is 3.26. The van der Waals surface area contributed by atoms with E-state index in [2.05, 4.69) is 24.2 Å². The van der Waals surface area contributed by atoms with E-state index in [1.165, 1.54) is 25.9 Å². The number of carbonyl (C=O) groups excluding carboxylic acids is 1. The van der Waals surface area contributed by atoms with E-state index < -0.39 is 0 Å². The fourth-order valence-corrected chi connectivity index (χ4v) is 3.24. The first kappa shape index (κ1) is 24.4. The molecule has 5 heteroatoms. The van der Waals surface area contributed by atoms with Crippen molar-refractivity contribution in [2.24, 2.45) is 0 Å². The number of likely N-dealkylation sites (tertiary alicyclic amines) is 2. The van der Waals surface area contributed by atoms with Crippen LogP contribution >= 0.6 is 0 Å². The predicted molar refractivity (Wildman–Crippen MR) is 118 cm³/mol. The van der Waals surface area contributed by atoms with E-state index in [9.17, 15) is 4.79 Å². The van der Waals surface area contributed by atoms with Gasteiger partial charge in [0.25, 0.3) is 5.91 Å². The van der Waals surface area contributed by atoms with Gasteiger partial charge in [-0.05, 0) is 89.6 Å². The third kappa shape index (κ3) is 9.56. The predicted octanol–water partition coefficient (Wildman–Crippen LogP) is 4.04. The van der Waals surface area contributed by atoms with Crippen molar-refractivity contribution in [1.82, 2.24) is 15.1 Å². The van der Waals surface area contributed by atoms with E-state index in [-0.39, 0.29) is 5.91 Å². The van der Waals surface area contributed by atoms with Crippen molar-refractivity contribution in [2.45, 2.75) is 52.9 Å². The van der Waals surface area contributed by atoms with Crippen LogP contribution in [0.2, 0.25) is 0 Å². The number of rotatable bonds is 7. The molecule has 2 heterocycles. The molecule has 0 unspecified atom stereocenters. The second-order valence-corrected chi connectivity index (χ2v) is 7.09. The van der Waals surface area contributed by atoms with Gasteiger partial charge < -0.3 is 19.9 Å². The van der Waals surface area contributed by atoms with Crippen LogP contribution in [0, 0.1) is 0 Å². The smallest absolute Gasteiger partial charge is 0.253 e. The first-order valence-corrected chi connectivity index (χ1v) is 11.1. The number of carbonyl (C=O) groups is 1. The molecular weight excluding hydrogens is 350 g/mol. The molecule has 0 bridgehead atoms. The zero-order chi connectivity index (χ0) is 20.6. The quantitative estimate of drug-likeness (QED) is 0.713. The van der Waals surface area contributed by atoms with Crippen molar-refractivity contribution in [1.29, 1.82) is 0 Å². The molecular formula is C23H41N3O2. The van der Waals surface area contributed by atoms with Gasteiger partial charge in [-0.25, -0.2) is 0 Å². The highest BCUT2D eigenvalue weighted by atomic mass is 16.5. The first-order chi connectivity index (χ1) is 13.7. The van der Waals surface area contributed by atoms with Crippen LogP contribution in [0.5, 0.6) is 5.75 Å². The average Bonchev–Trinajstić information content (AvgIpc) is 3.44. The molecule has 160 valence electrons. The Balaban J connectivity index is 0.000000411. The maximum Gasteiger partial charge on any atom is 0.253 e. The van der Waals surface area contributed by atoms with Crippen molar-refractivity contribution in [3.63, 3.8) is 0 Å². The molecule has 0 spiro atoms. The van der Waals surface area contributed by atoms with Gasteiger partial charge in [0, 0.05) is 18.7 Å². The highest BCUT2D eigenvalue weighted by Crippen LogP contribution is 2.16. The number of benzene rings is 1. The molecule has 2 aliphatic rings. The number of nitrogens with one attached hydrogen (secondary N) is 1. The van der Waals surface area contributed by atoms with Gasteiger partial charge in [0.05, 0.1) is 6.61 Å². The molecule has 0 radical (unpaired) electrons. The number of amides is 1. The molecule has 1 amide bonds. The van der Waals surface area contributed by atoms with Crippen LogP contribution in [0.25, 0.3) is 0 Å². The van der Waals surface area contributed by atoms with Gasteiger partial charge in [0.1, 0.15) is 5.75 Å². The number of ether oxygens (including phenoxy) is 1. The Bertz CT molecular complexity index is 507. The fraction of sp³-hybridized carbons (Fsp3) is 0.696. The number of nitrogens with zero attached hydrogens (tertiary/aromatic N) is 2. The Morgan fingerprint density at radius 2 is 1.57 bits per heavy atom. The fourth-order valence-electron chi connectivity index (χ4n) is 3.24. The Morgan fingerprint density at radius 1 is 1.00 bits per heavy atom. The third-order valence-electron chi connectivity index (χ3n) is 4.84. The second-order valence-electron chi connectivity index (χ2n) is 7.09. The molecule has 1 aromatic carbocycles. The summed E-state index contributed by atoms with van der Waals surface area (Å²) in [6.45, 7) is 13.2. The molecule has 2 fully saturated rings. The van der Waals surface area contributed by atoms with Gasteiger partial charge in [0.15, 0.2) is 0 Å². The largest absolute Gasteiger partial charge is 0.494 e. The maximum atomic E-state index is 12.2. The standard InChI is InChI=1S/C16H24N2O2.C5H11N.C2H6/c1-2-17-10-5-13-20-15-8-6-14(7-9-15)16(19)18-11-3-4-12-18;1-6-4-2-3-5-6;1-2/h6-9,17H,2-5,10-13H2,1H3;2-5H2,1H3;1-2H3. The monoisotopic (exact) mass is 391 g/mol. The van der Waals surface area contributed by atoms with Gasteiger partial charge in [-0.1, -0.05) is 20.8 Å². The van der Waals surface area contributed by atoms with Gasteiger partial charge in [0.2, 0.25) is 0 Å². The van der Waals surface area contributed by atoms with Crippen molar-refractivity contribution < 1.29 is 9.53 Å². The van der Waals surface area contributed by atoms with Crippen molar-refractivity contribution in [2.75, 3.05) is 52.9 Å². The Kier molecular flexibility index (Phi) is 13.4. The average molecular weight is 392 g/mol. The first-order valence-electron chi connectivity index (χ1n) is 11.1. The SMILES string of the molecule is CC.CCNCCCOc1ccc(C(=O)N2CCCC2)cc1.CN1CCCC1. The summed E-state index contributed by atoms with van der Waals surface area (Å²) >= 11 is 0. The lowest BCUT2D eigenvalue weighted by atomic mass is 10.2. The highest BCUT2D eigenvalue weighted by Gasteiger charge is 2.19. The van der Waals surface area contributed by atoms with Crippen LogP contribution in [0.15, 0.2) is 24.3 Å². The van der Waals surface area contributed by atoms with Gasteiger partial charge >= 0.3 is 0 Å². The van der Waals surface area contributed by atoms with Crippen LogP contribution in [-0.4, -0.2) is 68.6 Å². The molecule has 2 saturated heterocycles. The summed E-state index contributed by atoms with van der Waals surface area (Å²) in [6.07, 6.45) is 6.06. The summed E-state index contributed by atoms with van der Waals surface area (Å²) in [5.41, 5.74) is 0.756. The summed E-state index contributed by atoms with van der Waals surface area (Å²) < 4.78 is 5.65. The lowest BCUT2D eigenvalue weighted by Crippen LogP contribution is -2.27. The Morgan fingerprint density at radius 3 is 2.07 bits per heavy atom. The minimum Gasteiger partial charge on any atom is -0.494 e. The van der Waals surface area contributed by atoms with Crippen LogP contribution in [0.4, 0.5) is 0 Å². The van der Waals surface area contributed by atoms with E-state index in [1.54, 1.807) is 0 Å². The topological polar surface area (TPSA) is 44.8 Å². The molecule has 5 nitrogen and oxygen atoms in total. The molecule has 0 atom stereocenters. The molecule has 0 aromatic heterocycles. The molecule has 2 aliphatic heterocycles. The minimum atomic E-state index is 0.140. The number of hydrogen-bond acceptors (Lipinski definition) is 4. The summed E-state index contributed by atoms with van der Waals surface area (Å²) in [5.74, 6) is 0.973. The van der Waals surface area contributed by atoms with Crippen LogP contribution in [0.1, 0.15) is 63.2 Å². The molecule has 3 rings (SSSR count). The van der Waals surface area contributed by atoms with E-state index >= 15 is 0 Å². The Labute approximate surface area is 172 Å². The van der Waals surface area contributed by atoms with Gasteiger partial charge in [-0.2, -0.15) is 0 Å². The van der Waals surface area contributed by atoms with E-state index in [0.717, 1.165) is 56.8 Å². The van der Waals surface area contributed by atoms with Crippen molar-refractivity contribution in [3.8, 4) is 5.75 Å². The van der Waals surface area contributed by atoms with Gasteiger partial charge in [-0.3, -0.25) is 4.79 Å². The Hall–Kier alpha value is -1.59. The molecule has 0 aliphatic carbocycles. The summed E-state index contributed by atoms with van der Waals surface area (Å²) in [7, 11) is 2.17. The second kappa shape index (κ2) is 15.3. The third-order valence-corrected chi connectivity index (χ3v) is 4.84. The summed E-state index contributed by atoms with van der Waals surface area (Å²) in [4.78, 5) is 16.5. The van der Waals surface area contributed by atoms with Gasteiger partial charge in [-0.15, -0.1) is 0 Å². The highest BCUT2D eigenvalue weighted by molar-refractivity contribution is 5.94. The maximum absolute atomic E-state index is 12.2. The molecule has 28 heavy (non-hydrogen) atoms. The van der Waals surface area contributed by atoms with Crippen LogP contribution in [-0.2, 0) is 0 Å². The molecule has 1 N–H and O–H groups in total. The number of hydrogen-bond donors (Lipinski definition) is 1. The summed E-state index contributed by atoms with van der Waals surface area (Å²) in [6, 6.07) is 7.49. The normalized spacial score (nSPS) is 16.1. The van der Waals surface area contributed by atoms with Crippen molar-refractivity contribution >= 4 is 5.91 Å². The lowest BCUT2D eigenvalue weighted by Gasteiger charge is -2.15. The zero-order valence-corrected chi connectivity index (χ0v) is 18.5. The minimum absolute atomic E-state index is 0.140.